The van der Waals surface area contributed by atoms with Gasteiger partial charge in [0.1, 0.15) is 11.6 Å². The van der Waals surface area contributed by atoms with E-state index in [1.54, 1.807) is 17.1 Å². The van der Waals surface area contributed by atoms with Crippen LogP contribution in [0.4, 0.5) is 0 Å². The molecule has 0 aliphatic rings. The van der Waals surface area contributed by atoms with Gasteiger partial charge in [-0.3, -0.25) is 4.79 Å². The van der Waals surface area contributed by atoms with Gasteiger partial charge in [0.2, 0.25) is 0 Å². The summed E-state index contributed by atoms with van der Waals surface area (Å²) in [6.07, 6.45) is 5.58. The monoisotopic (exact) mass is 280 g/mol. The first-order valence-corrected chi connectivity index (χ1v) is 6.61. The normalized spacial score (nSPS) is 11.0. The Bertz CT molecular complexity index is 680. The fraction of sp³-hybridized carbons (Fsp3) is 0.188. The third kappa shape index (κ3) is 4.32. The summed E-state index contributed by atoms with van der Waals surface area (Å²) in [6, 6.07) is 11.8. The number of carbonyl (C=O) groups is 1. The largest absolute Gasteiger partial charge is 0.351 e. The van der Waals surface area contributed by atoms with Gasteiger partial charge < -0.3 is 9.88 Å². The van der Waals surface area contributed by atoms with Crippen molar-refractivity contribution in [2.45, 2.75) is 6.42 Å². The highest BCUT2D eigenvalue weighted by molar-refractivity contribution is 6.01. The minimum Gasteiger partial charge on any atom is -0.351 e. The zero-order valence-corrected chi connectivity index (χ0v) is 11.8. The number of benzene rings is 1. The van der Waals surface area contributed by atoms with E-state index in [4.69, 9.17) is 5.26 Å². The van der Waals surface area contributed by atoms with E-state index >= 15 is 0 Å². The van der Waals surface area contributed by atoms with Crippen LogP contribution in [-0.2, 0) is 18.3 Å². The number of amides is 1. The van der Waals surface area contributed by atoms with Crippen molar-refractivity contribution in [3.05, 3.63) is 59.7 Å². The van der Waals surface area contributed by atoms with Crippen molar-refractivity contribution in [1.29, 1.82) is 5.26 Å². The second kappa shape index (κ2) is 7.06. The molecule has 2 rings (SSSR count). The topological polar surface area (TPSA) is 70.7 Å². The Balaban J connectivity index is 1.92. The molecule has 0 saturated carbocycles. The van der Waals surface area contributed by atoms with Crippen molar-refractivity contribution in [2.24, 2.45) is 7.05 Å². The van der Waals surface area contributed by atoms with E-state index in [1.165, 1.54) is 6.08 Å². The Kier molecular flexibility index (Phi) is 4.89. The molecule has 106 valence electrons. The van der Waals surface area contributed by atoms with E-state index in [-0.39, 0.29) is 11.5 Å². The molecule has 0 radical (unpaired) electrons. The summed E-state index contributed by atoms with van der Waals surface area (Å²) in [7, 11) is 1.83. The van der Waals surface area contributed by atoms with Gasteiger partial charge in [-0.1, -0.05) is 30.3 Å². The van der Waals surface area contributed by atoms with Gasteiger partial charge in [-0.25, -0.2) is 4.98 Å². The summed E-state index contributed by atoms with van der Waals surface area (Å²) < 4.78 is 1.76. The maximum Gasteiger partial charge on any atom is 0.262 e. The van der Waals surface area contributed by atoms with E-state index in [0.29, 0.717) is 12.2 Å². The highest BCUT2D eigenvalue weighted by atomic mass is 16.1. The van der Waals surface area contributed by atoms with E-state index in [2.05, 4.69) is 10.3 Å². The van der Waals surface area contributed by atoms with Crippen LogP contribution in [0.5, 0.6) is 0 Å². The molecule has 21 heavy (non-hydrogen) atoms. The maximum atomic E-state index is 11.9. The van der Waals surface area contributed by atoms with E-state index in [9.17, 15) is 4.79 Å². The van der Waals surface area contributed by atoms with Crippen LogP contribution in [0.2, 0.25) is 0 Å². The molecule has 1 amide bonds. The minimum atomic E-state index is -0.376. The number of nitriles is 1. The van der Waals surface area contributed by atoms with Crippen LogP contribution in [-0.4, -0.2) is 22.0 Å². The molecule has 0 saturated heterocycles. The molecule has 0 bridgehead atoms. The van der Waals surface area contributed by atoms with Gasteiger partial charge in [0, 0.05) is 19.8 Å². The zero-order valence-electron chi connectivity index (χ0n) is 11.8. The Morgan fingerprint density at radius 1 is 1.43 bits per heavy atom. The average Bonchev–Trinajstić information content (AvgIpc) is 2.91. The fourth-order valence-electron chi connectivity index (χ4n) is 1.86. The lowest BCUT2D eigenvalue weighted by molar-refractivity contribution is -0.117. The molecule has 1 N–H and O–H groups in total. The second-order valence-corrected chi connectivity index (χ2v) is 4.63. The maximum absolute atomic E-state index is 11.9. The number of aryl methyl sites for hydroxylation is 1. The number of hydrogen-bond donors (Lipinski definition) is 1. The summed E-state index contributed by atoms with van der Waals surface area (Å²) >= 11 is 0. The smallest absolute Gasteiger partial charge is 0.262 e. The van der Waals surface area contributed by atoms with Gasteiger partial charge in [0.25, 0.3) is 5.91 Å². The molecule has 0 fully saturated rings. The predicted octanol–water partition coefficient (Wildman–Crippen LogP) is 1.69. The van der Waals surface area contributed by atoms with Crippen LogP contribution in [0.25, 0.3) is 6.08 Å². The molecule has 0 aliphatic heterocycles. The number of rotatable bonds is 5. The van der Waals surface area contributed by atoms with E-state index < -0.39 is 0 Å². The standard InChI is InChI=1S/C16H16N4O/c1-20-11-15(19-12-20)9-14(10-17)16(21)18-8-7-13-5-3-2-4-6-13/h2-6,9,11-12H,7-8H2,1H3,(H,18,21)/b14-9+. The van der Waals surface area contributed by atoms with Crippen LogP contribution in [0.1, 0.15) is 11.3 Å². The first-order valence-electron chi connectivity index (χ1n) is 6.61. The van der Waals surface area contributed by atoms with Crippen LogP contribution in [0.3, 0.4) is 0 Å². The number of imidazole rings is 1. The van der Waals surface area contributed by atoms with Crippen molar-refractivity contribution < 1.29 is 4.79 Å². The van der Waals surface area contributed by atoms with Crippen LogP contribution >= 0.6 is 0 Å². The van der Waals surface area contributed by atoms with Gasteiger partial charge in [0.05, 0.1) is 12.0 Å². The van der Waals surface area contributed by atoms with Gasteiger partial charge in [0.15, 0.2) is 0 Å². The summed E-state index contributed by atoms with van der Waals surface area (Å²) in [5.74, 6) is -0.376. The molecule has 0 spiro atoms. The van der Waals surface area contributed by atoms with E-state index in [1.807, 2.05) is 43.4 Å². The molecule has 5 nitrogen and oxygen atoms in total. The number of nitrogens with one attached hydrogen (secondary N) is 1. The fourth-order valence-corrected chi connectivity index (χ4v) is 1.86. The lowest BCUT2D eigenvalue weighted by Crippen LogP contribution is -2.26. The predicted molar refractivity (Wildman–Crippen MR) is 80.0 cm³/mol. The van der Waals surface area contributed by atoms with E-state index in [0.717, 1.165) is 12.0 Å². The zero-order chi connectivity index (χ0) is 15.1. The molecular weight excluding hydrogens is 264 g/mol. The SMILES string of the molecule is Cn1cnc(/C=C(\C#N)C(=O)NCCc2ccccc2)c1. The Morgan fingerprint density at radius 2 is 2.19 bits per heavy atom. The molecule has 0 aliphatic carbocycles. The van der Waals surface area contributed by atoms with Crippen molar-refractivity contribution in [1.82, 2.24) is 14.9 Å². The summed E-state index contributed by atoms with van der Waals surface area (Å²) in [6.45, 7) is 0.490. The van der Waals surface area contributed by atoms with Crippen molar-refractivity contribution >= 4 is 12.0 Å². The van der Waals surface area contributed by atoms with Crippen molar-refractivity contribution in [3.8, 4) is 6.07 Å². The molecule has 0 atom stereocenters. The van der Waals surface area contributed by atoms with Gasteiger partial charge in [-0.15, -0.1) is 0 Å². The summed E-state index contributed by atoms with van der Waals surface area (Å²) in [4.78, 5) is 16.0. The molecule has 5 heteroatoms. The first kappa shape index (κ1) is 14.5. The second-order valence-electron chi connectivity index (χ2n) is 4.63. The third-order valence-corrected chi connectivity index (χ3v) is 2.92. The van der Waals surface area contributed by atoms with Gasteiger partial charge >= 0.3 is 0 Å². The molecule has 0 unspecified atom stereocenters. The first-order chi connectivity index (χ1) is 10.2. The van der Waals surface area contributed by atoms with Crippen LogP contribution in [0, 0.1) is 11.3 Å². The summed E-state index contributed by atoms with van der Waals surface area (Å²) in [5, 5.41) is 11.8. The summed E-state index contributed by atoms with van der Waals surface area (Å²) in [5.41, 5.74) is 1.79. The van der Waals surface area contributed by atoms with Crippen LogP contribution in [0.15, 0.2) is 48.4 Å². The Labute approximate surface area is 123 Å². The average molecular weight is 280 g/mol. The van der Waals surface area contributed by atoms with Crippen molar-refractivity contribution in [3.63, 3.8) is 0 Å². The Morgan fingerprint density at radius 3 is 2.81 bits per heavy atom. The Hall–Kier alpha value is -2.87. The lowest BCUT2D eigenvalue weighted by atomic mass is 10.1. The highest BCUT2D eigenvalue weighted by Crippen LogP contribution is 2.04. The van der Waals surface area contributed by atoms with Gasteiger partial charge in [-0.2, -0.15) is 5.26 Å². The minimum absolute atomic E-state index is 0.0572. The highest BCUT2D eigenvalue weighted by Gasteiger charge is 2.09. The van der Waals surface area contributed by atoms with Gasteiger partial charge in [-0.05, 0) is 18.1 Å². The van der Waals surface area contributed by atoms with Crippen LogP contribution < -0.4 is 5.32 Å². The number of hydrogen-bond acceptors (Lipinski definition) is 3. The molecule has 2 aromatic rings. The molecular formula is C16H16N4O. The molecule has 1 heterocycles. The third-order valence-electron chi connectivity index (χ3n) is 2.92. The molecule has 1 aromatic carbocycles. The van der Waals surface area contributed by atoms with Crippen molar-refractivity contribution in [2.75, 3.05) is 6.54 Å². The number of carbonyl (C=O) groups excluding carboxylic acids is 1. The lowest BCUT2D eigenvalue weighted by Gasteiger charge is -2.04. The quantitative estimate of drug-likeness (QED) is 0.669. The number of aromatic nitrogens is 2. The molecule has 1 aromatic heterocycles. The number of nitrogens with zero attached hydrogens (tertiary/aromatic N) is 3.